The minimum atomic E-state index is -4.63. The topological polar surface area (TPSA) is 93.4 Å². The summed E-state index contributed by atoms with van der Waals surface area (Å²) < 4.78 is 39.2. The van der Waals surface area contributed by atoms with Crippen LogP contribution in [0.5, 0.6) is 0 Å². The van der Waals surface area contributed by atoms with E-state index in [-0.39, 0.29) is 37.3 Å². The zero-order chi connectivity index (χ0) is 22.9. The number of rotatable bonds is 9. The molecular weight excluding hydrogens is 411 g/mol. The highest BCUT2D eigenvalue weighted by molar-refractivity contribution is 5.95. The summed E-state index contributed by atoms with van der Waals surface area (Å²) in [5, 5.41) is 21.3. The first-order valence-electron chi connectivity index (χ1n) is 9.57. The average Bonchev–Trinajstić information content (AvgIpc) is 2.76. The lowest BCUT2D eigenvalue weighted by molar-refractivity contribution is -0.139. The molecule has 0 radical (unpaired) electrons. The van der Waals surface area contributed by atoms with Crippen molar-refractivity contribution in [1.29, 1.82) is 5.26 Å². The number of anilines is 1. The van der Waals surface area contributed by atoms with Crippen LogP contribution in [0.1, 0.15) is 36.5 Å². The summed E-state index contributed by atoms with van der Waals surface area (Å²) in [6.45, 7) is -0.245. The number of nitriles is 1. The predicted octanol–water partition coefficient (Wildman–Crippen LogP) is 3.58. The lowest BCUT2D eigenvalue weighted by Gasteiger charge is -2.22. The van der Waals surface area contributed by atoms with Gasteiger partial charge in [0, 0.05) is 31.6 Å². The number of alkyl halides is 3. The molecule has 1 unspecified atom stereocenters. The van der Waals surface area contributed by atoms with Crippen molar-refractivity contribution >= 4 is 17.5 Å². The monoisotopic (exact) mass is 433 g/mol. The highest BCUT2D eigenvalue weighted by Crippen LogP contribution is 2.34. The number of carbonyl (C=O) groups excluding carboxylic acids is 2. The van der Waals surface area contributed by atoms with Crippen LogP contribution in [0.25, 0.3) is 0 Å². The van der Waals surface area contributed by atoms with Gasteiger partial charge in [0.15, 0.2) is 0 Å². The summed E-state index contributed by atoms with van der Waals surface area (Å²) in [5.74, 6) is -0.940. The van der Waals surface area contributed by atoms with Gasteiger partial charge in [-0.2, -0.15) is 18.4 Å². The van der Waals surface area contributed by atoms with Gasteiger partial charge in [0.1, 0.15) is 0 Å². The standard InChI is InChI=1S/C22H22F3N3O3/c23-22(24,25)18-10-5-4-9-17(18)19(29)15-27-20(30)11-12-21(31)28(14-6-13-26)16-7-2-1-3-8-16/h1-5,7-10,19,29H,6,11-12,14-15H2,(H,27,30). The van der Waals surface area contributed by atoms with Crippen LogP contribution in [0.3, 0.4) is 0 Å². The van der Waals surface area contributed by atoms with Crippen LogP contribution in [-0.2, 0) is 15.8 Å². The van der Waals surface area contributed by atoms with E-state index in [1.54, 1.807) is 30.3 Å². The Kier molecular flexibility index (Phi) is 8.58. The summed E-state index contributed by atoms with van der Waals surface area (Å²) in [6, 6.07) is 15.3. The maximum atomic E-state index is 13.1. The second-order valence-electron chi connectivity index (χ2n) is 6.69. The number of aliphatic hydroxyl groups is 1. The lowest BCUT2D eigenvalue weighted by atomic mass is 10.0. The highest BCUT2D eigenvalue weighted by atomic mass is 19.4. The number of hydrogen-bond donors (Lipinski definition) is 2. The number of nitrogens with zero attached hydrogens (tertiary/aromatic N) is 2. The fourth-order valence-electron chi connectivity index (χ4n) is 2.98. The zero-order valence-electron chi connectivity index (χ0n) is 16.6. The van der Waals surface area contributed by atoms with Crippen LogP contribution in [0.15, 0.2) is 54.6 Å². The van der Waals surface area contributed by atoms with Crippen LogP contribution < -0.4 is 10.2 Å². The number of carbonyl (C=O) groups is 2. The Hall–Kier alpha value is -3.38. The van der Waals surface area contributed by atoms with E-state index in [1.807, 2.05) is 6.07 Å². The SMILES string of the molecule is N#CCCN(C(=O)CCC(=O)NCC(O)c1ccccc1C(F)(F)F)c1ccccc1. The van der Waals surface area contributed by atoms with Gasteiger partial charge in [-0.1, -0.05) is 36.4 Å². The quantitative estimate of drug-likeness (QED) is 0.632. The normalized spacial score (nSPS) is 12.0. The van der Waals surface area contributed by atoms with Gasteiger partial charge in [0.05, 0.1) is 24.2 Å². The van der Waals surface area contributed by atoms with Gasteiger partial charge in [-0.05, 0) is 23.8 Å². The molecule has 31 heavy (non-hydrogen) atoms. The van der Waals surface area contributed by atoms with E-state index in [4.69, 9.17) is 5.26 Å². The van der Waals surface area contributed by atoms with Gasteiger partial charge in [-0.25, -0.2) is 0 Å². The molecule has 0 aliphatic carbocycles. The molecule has 0 saturated carbocycles. The smallest absolute Gasteiger partial charge is 0.387 e. The lowest BCUT2D eigenvalue weighted by Crippen LogP contribution is -2.34. The molecule has 0 saturated heterocycles. The van der Waals surface area contributed by atoms with Crippen LogP contribution >= 0.6 is 0 Å². The Morgan fingerprint density at radius 1 is 1.06 bits per heavy atom. The minimum absolute atomic E-state index is 0.123. The molecule has 0 aromatic heterocycles. The predicted molar refractivity (Wildman–Crippen MR) is 108 cm³/mol. The van der Waals surface area contributed by atoms with Crippen LogP contribution in [0.2, 0.25) is 0 Å². The molecule has 0 heterocycles. The summed E-state index contributed by atoms with van der Waals surface area (Å²) in [7, 11) is 0. The van der Waals surface area contributed by atoms with E-state index in [0.29, 0.717) is 5.69 Å². The maximum Gasteiger partial charge on any atom is 0.416 e. The first-order valence-corrected chi connectivity index (χ1v) is 9.57. The van der Waals surface area contributed by atoms with E-state index in [9.17, 15) is 27.9 Å². The Morgan fingerprint density at radius 3 is 2.35 bits per heavy atom. The maximum absolute atomic E-state index is 13.1. The number of benzene rings is 2. The number of hydrogen-bond acceptors (Lipinski definition) is 4. The van der Waals surface area contributed by atoms with E-state index >= 15 is 0 Å². The average molecular weight is 433 g/mol. The molecule has 2 N–H and O–H groups in total. The molecule has 164 valence electrons. The molecule has 0 aliphatic heterocycles. The third-order valence-corrected chi connectivity index (χ3v) is 4.50. The van der Waals surface area contributed by atoms with Crippen molar-refractivity contribution in [3.8, 4) is 6.07 Å². The van der Waals surface area contributed by atoms with Crippen LogP contribution in [0.4, 0.5) is 18.9 Å². The molecule has 2 aromatic rings. The molecule has 2 aromatic carbocycles. The van der Waals surface area contributed by atoms with Gasteiger partial charge in [0.25, 0.3) is 0 Å². The third-order valence-electron chi connectivity index (χ3n) is 4.50. The van der Waals surface area contributed by atoms with Gasteiger partial charge in [-0.3, -0.25) is 9.59 Å². The summed E-state index contributed by atoms with van der Waals surface area (Å²) in [4.78, 5) is 26.0. The third kappa shape index (κ3) is 7.12. The molecule has 2 amide bonds. The Morgan fingerprint density at radius 2 is 1.71 bits per heavy atom. The summed E-state index contributed by atoms with van der Waals surface area (Å²) >= 11 is 0. The molecule has 0 bridgehead atoms. The summed E-state index contributed by atoms with van der Waals surface area (Å²) in [6.07, 6.45) is -6.41. The Balaban J connectivity index is 1.91. The Labute approximate surface area is 177 Å². The molecule has 0 fully saturated rings. The van der Waals surface area contributed by atoms with Crippen LogP contribution in [0, 0.1) is 11.3 Å². The van der Waals surface area contributed by atoms with Crippen molar-refractivity contribution in [2.45, 2.75) is 31.5 Å². The second-order valence-corrected chi connectivity index (χ2v) is 6.69. The van der Waals surface area contributed by atoms with Gasteiger partial charge < -0.3 is 15.3 Å². The van der Waals surface area contributed by atoms with E-state index < -0.39 is 30.3 Å². The van der Waals surface area contributed by atoms with Gasteiger partial charge in [0.2, 0.25) is 11.8 Å². The number of halogens is 3. The van der Waals surface area contributed by atoms with E-state index in [0.717, 1.165) is 12.1 Å². The number of nitrogens with one attached hydrogen (secondary N) is 1. The minimum Gasteiger partial charge on any atom is -0.387 e. The number of para-hydroxylation sites is 1. The largest absolute Gasteiger partial charge is 0.416 e. The first kappa shape index (κ1) is 23.9. The zero-order valence-corrected chi connectivity index (χ0v) is 16.6. The highest BCUT2D eigenvalue weighted by Gasteiger charge is 2.34. The van der Waals surface area contributed by atoms with Gasteiger partial charge in [-0.15, -0.1) is 0 Å². The van der Waals surface area contributed by atoms with E-state index in [2.05, 4.69) is 5.32 Å². The summed E-state index contributed by atoms with van der Waals surface area (Å²) in [5.41, 5.74) is -0.705. The fraction of sp³-hybridized carbons (Fsp3) is 0.318. The van der Waals surface area contributed by atoms with Crippen molar-refractivity contribution in [2.24, 2.45) is 0 Å². The molecular formula is C22H22F3N3O3. The molecule has 2 rings (SSSR count). The fourth-order valence-corrected chi connectivity index (χ4v) is 2.98. The number of amides is 2. The first-order chi connectivity index (χ1) is 14.7. The molecule has 1 atom stereocenters. The van der Waals surface area contributed by atoms with Crippen LogP contribution in [-0.4, -0.2) is 30.0 Å². The number of aliphatic hydroxyl groups excluding tert-OH is 1. The molecule has 0 aliphatic rings. The molecule has 6 nitrogen and oxygen atoms in total. The Bertz CT molecular complexity index is 927. The van der Waals surface area contributed by atoms with Crippen molar-refractivity contribution in [3.63, 3.8) is 0 Å². The van der Waals surface area contributed by atoms with Crippen molar-refractivity contribution < 1.29 is 27.9 Å². The van der Waals surface area contributed by atoms with Gasteiger partial charge >= 0.3 is 6.18 Å². The van der Waals surface area contributed by atoms with Crippen molar-refractivity contribution in [3.05, 3.63) is 65.7 Å². The van der Waals surface area contributed by atoms with Crippen molar-refractivity contribution in [1.82, 2.24) is 5.32 Å². The van der Waals surface area contributed by atoms with E-state index in [1.165, 1.54) is 17.0 Å². The van der Waals surface area contributed by atoms with Crippen molar-refractivity contribution in [2.75, 3.05) is 18.0 Å². The molecule has 0 spiro atoms. The second kappa shape index (κ2) is 11.1. The molecule has 9 heteroatoms.